The van der Waals surface area contributed by atoms with Crippen molar-refractivity contribution in [3.63, 3.8) is 0 Å². The van der Waals surface area contributed by atoms with Gasteiger partial charge in [-0.3, -0.25) is 4.79 Å². The van der Waals surface area contributed by atoms with Crippen molar-refractivity contribution in [1.82, 2.24) is 19.0 Å². The van der Waals surface area contributed by atoms with Gasteiger partial charge in [-0.2, -0.15) is 9.40 Å². The van der Waals surface area contributed by atoms with Crippen LogP contribution >= 0.6 is 0 Å². The molecule has 0 aliphatic carbocycles. The predicted octanol–water partition coefficient (Wildman–Crippen LogP) is 2.86. The molecule has 0 saturated carbocycles. The zero-order valence-electron chi connectivity index (χ0n) is 18.1. The first-order valence-electron chi connectivity index (χ1n) is 10.4. The fourth-order valence-electron chi connectivity index (χ4n) is 3.58. The molecule has 1 aromatic heterocycles. The number of sulfonamides is 1. The Hall–Kier alpha value is -3.57. The number of ether oxygens (including phenoxy) is 1. The minimum absolute atomic E-state index is 0.0485. The molecule has 0 spiro atoms. The van der Waals surface area contributed by atoms with Crippen molar-refractivity contribution < 1.29 is 26.7 Å². The molecule has 1 amide bonds. The van der Waals surface area contributed by atoms with Gasteiger partial charge in [-0.1, -0.05) is 30.9 Å². The first kappa shape index (κ1) is 23.6. The Morgan fingerprint density at radius 2 is 1.79 bits per heavy atom. The van der Waals surface area contributed by atoms with Gasteiger partial charge in [0.2, 0.25) is 10.0 Å². The van der Waals surface area contributed by atoms with Crippen LogP contribution in [0.15, 0.2) is 72.3 Å². The van der Waals surface area contributed by atoms with Crippen molar-refractivity contribution in [2.24, 2.45) is 0 Å². The molecule has 178 valence electrons. The Morgan fingerprint density at radius 1 is 1.09 bits per heavy atom. The average Bonchev–Trinajstić information content (AvgIpc) is 3.27. The topological polar surface area (TPSA) is 84.7 Å². The van der Waals surface area contributed by atoms with E-state index in [0.29, 0.717) is 6.07 Å². The van der Waals surface area contributed by atoms with Crippen LogP contribution in [0.2, 0.25) is 0 Å². The maximum absolute atomic E-state index is 14.1. The highest BCUT2D eigenvalue weighted by molar-refractivity contribution is 7.89. The lowest BCUT2D eigenvalue weighted by atomic mass is 10.3. The number of rotatable bonds is 7. The minimum atomic E-state index is -4.18. The zero-order chi connectivity index (χ0) is 24.3. The molecule has 2 aromatic carbocycles. The molecule has 0 bridgehead atoms. The van der Waals surface area contributed by atoms with E-state index in [1.807, 2.05) is 30.3 Å². The highest BCUT2D eigenvalue weighted by Crippen LogP contribution is 2.25. The standard InChI is InChI=1S/C23H22F2N4O4S/c1-2-14-33-20-16-29(18-6-4-3-5-7-18)26-22(20)23(30)27-10-12-28(13-11-27)34(31,32)21-9-8-17(24)15-19(21)25/h2-9,15-16H,1,10-14H2. The van der Waals surface area contributed by atoms with Crippen molar-refractivity contribution in [1.29, 1.82) is 0 Å². The molecule has 1 aliphatic rings. The van der Waals surface area contributed by atoms with Gasteiger partial charge in [0, 0.05) is 32.2 Å². The molecule has 8 nitrogen and oxygen atoms in total. The van der Waals surface area contributed by atoms with Gasteiger partial charge < -0.3 is 9.64 Å². The van der Waals surface area contributed by atoms with E-state index in [0.717, 1.165) is 22.1 Å². The molecule has 11 heteroatoms. The number of nitrogens with zero attached hydrogens (tertiary/aromatic N) is 4. The van der Waals surface area contributed by atoms with Crippen LogP contribution in [0, 0.1) is 11.6 Å². The number of para-hydroxylation sites is 1. The van der Waals surface area contributed by atoms with Gasteiger partial charge in [-0.15, -0.1) is 0 Å². The fourth-order valence-corrected chi connectivity index (χ4v) is 5.05. The molecule has 1 saturated heterocycles. The van der Waals surface area contributed by atoms with E-state index in [2.05, 4.69) is 11.7 Å². The molecule has 34 heavy (non-hydrogen) atoms. The predicted molar refractivity (Wildman–Crippen MR) is 120 cm³/mol. The van der Waals surface area contributed by atoms with Crippen LogP contribution in [0.5, 0.6) is 5.75 Å². The van der Waals surface area contributed by atoms with Gasteiger partial charge >= 0.3 is 0 Å². The van der Waals surface area contributed by atoms with Crippen LogP contribution in [-0.4, -0.2) is 66.1 Å². The van der Waals surface area contributed by atoms with Crippen molar-refractivity contribution in [2.45, 2.75) is 4.90 Å². The number of carbonyl (C=O) groups is 1. The quantitative estimate of drug-likeness (QED) is 0.478. The number of benzene rings is 2. The Kier molecular flexibility index (Phi) is 6.75. The second-order valence-corrected chi connectivity index (χ2v) is 9.40. The Labute approximate surface area is 195 Å². The van der Waals surface area contributed by atoms with E-state index in [-0.39, 0.29) is 44.2 Å². The summed E-state index contributed by atoms with van der Waals surface area (Å²) in [5, 5.41) is 4.39. The van der Waals surface area contributed by atoms with Gasteiger partial charge in [0.1, 0.15) is 23.1 Å². The molecular formula is C23H22F2N4O4S. The number of aromatic nitrogens is 2. The lowest BCUT2D eigenvalue weighted by Crippen LogP contribution is -2.50. The van der Waals surface area contributed by atoms with Gasteiger partial charge in [0.25, 0.3) is 5.91 Å². The van der Waals surface area contributed by atoms with Crippen LogP contribution in [0.1, 0.15) is 10.5 Å². The Balaban J connectivity index is 1.52. The van der Waals surface area contributed by atoms with Crippen LogP contribution in [0.3, 0.4) is 0 Å². The van der Waals surface area contributed by atoms with Crippen LogP contribution < -0.4 is 4.74 Å². The third kappa shape index (κ3) is 4.70. The summed E-state index contributed by atoms with van der Waals surface area (Å²) in [4.78, 5) is 14.1. The van der Waals surface area contributed by atoms with Crippen molar-refractivity contribution in [3.8, 4) is 11.4 Å². The van der Waals surface area contributed by atoms with Gasteiger partial charge in [-0.05, 0) is 24.3 Å². The number of amides is 1. The highest BCUT2D eigenvalue weighted by atomic mass is 32.2. The molecule has 0 radical (unpaired) electrons. The van der Waals surface area contributed by atoms with Crippen molar-refractivity contribution in [2.75, 3.05) is 32.8 Å². The van der Waals surface area contributed by atoms with E-state index >= 15 is 0 Å². The summed E-state index contributed by atoms with van der Waals surface area (Å²) in [5.41, 5.74) is 0.828. The molecule has 0 unspecified atom stereocenters. The second kappa shape index (κ2) is 9.74. The first-order chi connectivity index (χ1) is 16.3. The van der Waals surface area contributed by atoms with E-state index in [4.69, 9.17) is 4.74 Å². The summed E-state index contributed by atoms with van der Waals surface area (Å²) in [6.07, 6.45) is 3.15. The monoisotopic (exact) mass is 488 g/mol. The minimum Gasteiger partial charge on any atom is -0.485 e. The maximum atomic E-state index is 14.1. The Morgan fingerprint density at radius 3 is 2.44 bits per heavy atom. The number of carbonyl (C=O) groups excluding carboxylic acids is 1. The van der Waals surface area contributed by atoms with E-state index in [1.165, 1.54) is 9.58 Å². The van der Waals surface area contributed by atoms with Crippen molar-refractivity contribution in [3.05, 3.63) is 84.7 Å². The fraction of sp³-hybridized carbons (Fsp3) is 0.217. The van der Waals surface area contributed by atoms with Crippen molar-refractivity contribution >= 4 is 15.9 Å². The first-order valence-corrected chi connectivity index (χ1v) is 11.9. The molecular weight excluding hydrogens is 466 g/mol. The van der Waals surface area contributed by atoms with E-state index in [9.17, 15) is 22.0 Å². The second-order valence-electron chi connectivity index (χ2n) is 7.49. The smallest absolute Gasteiger partial charge is 0.278 e. The average molecular weight is 489 g/mol. The normalized spacial score (nSPS) is 14.7. The van der Waals surface area contributed by atoms with Crippen LogP contribution in [0.4, 0.5) is 8.78 Å². The molecule has 2 heterocycles. The summed E-state index contributed by atoms with van der Waals surface area (Å²) < 4.78 is 61.1. The summed E-state index contributed by atoms with van der Waals surface area (Å²) >= 11 is 0. The lowest BCUT2D eigenvalue weighted by Gasteiger charge is -2.33. The van der Waals surface area contributed by atoms with E-state index in [1.54, 1.807) is 12.3 Å². The van der Waals surface area contributed by atoms with Crippen LogP contribution in [0.25, 0.3) is 5.69 Å². The number of hydrogen-bond donors (Lipinski definition) is 0. The molecule has 1 aliphatic heterocycles. The summed E-state index contributed by atoms with van der Waals surface area (Å²) in [6.45, 7) is 3.83. The maximum Gasteiger partial charge on any atom is 0.278 e. The lowest BCUT2D eigenvalue weighted by molar-refractivity contribution is 0.0687. The molecule has 3 aromatic rings. The summed E-state index contributed by atoms with van der Waals surface area (Å²) in [6, 6.07) is 11.5. The van der Waals surface area contributed by atoms with Gasteiger partial charge in [0.15, 0.2) is 11.4 Å². The summed E-state index contributed by atoms with van der Waals surface area (Å²) in [7, 11) is -4.18. The summed E-state index contributed by atoms with van der Waals surface area (Å²) in [5.74, 6) is -2.17. The highest BCUT2D eigenvalue weighted by Gasteiger charge is 2.34. The molecule has 1 fully saturated rings. The molecule has 0 atom stereocenters. The number of hydrogen-bond acceptors (Lipinski definition) is 5. The van der Waals surface area contributed by atoms with Crippen LogP contribution in [-0.2, 0) is 10.0 Å². The SMILES string of the molecule is C=CCOc1cn(-c2ccccc2)nc1C(=O)N1CCN(S(=O)(=O)c2ccc(F)cc2F)CC1. The largest absolute Gasteiger partial charge is 0.485 e. The molecule has 4 rings (SSSR count). The number of piperazine rings is 1. The third-order valence-electron chi connectivity index (χ3n) is 5.30. The van der Waals surface area contributed by atoms with E-state index < -0.39 is 32.5 Å². The molecule has 0 N–H and O–H groups in total. The van der Waals surface area contributed by atoms with Gasteiger partial charge in [-0.25, -0.2) is 21.9 Å². The van der Waals surface area contributed by atoms with Gasteiger partial charge in [0.05, 0.1) is 11.9 Å². The Bertz CT molecular complexity index is 1300. The zero-order valence-corrected chi connectivity index (χ0v) is 18.9. The number of halogens is 2. The third-order valence-corrected chi connectivity index (χ3v) is 7.23.